The number of aryl methyl sites for hydroxylation is 1. The van der Waals surface area contributed by atoms with Gasteiger partial charge in [0.05, 0.1) is 6.10 Å². The molecule has 0 unspecified atom stereocenters. The number of amides is 1. The van der Waals surface area contributed by atoms with Crippen molar-refractivity contribution in [3.05, 3.63) is 5.82 Å². The fraction of sp³-hybridized carbons (Fsp3) is 0.833. The average molecular weight is 367 g/mol. The number of carbonyl (C=O) groups is 1. The Balaban J connectivity index is 1.39. The molecule has 7 heteroatoms. The van der Waals surface area contributed by atoms with E-state index in [1.165, 1.54) is 25.7 Å². The van der Waals surface area contributed by atoms with Crippen molar-refractivity contribution >= 4 is 17.7 Å². The first kappa shape index (κ1) is 18.7. The van der Waals surface area contributed by atoms with Crippen LogP contribution >= 0.6 is 11.8 Å². The van der Waals surface area contributed by atoms with Gasteiger partial charge in [0.1, 0.15) is 5.82 Å². The first-order valence-electron chi connectivity index (χ1n) is 9.64. The summed E-state index contributed by atoms with van der Waals surface area (Å²) in [5.74, 6) is 1.21. The molecule has 0 bridgehead atoms. The maximum Gasteiger partial charge on any atom is 0.220 e. The minimum Gasteiger partial charge on any atom is -0.378 e. The Morgan fingerprint density at radius 2 is 2.12 bits per heavy atom. The van der Waals surface area contributed by atoms with Crippen LogP contribution in [0.1, 0.15) is 69.7 Å². The van der Waals surface area contributed by atoms with Gasteiger partial charge in [-0.05, 0) is 44.8 Å². The number of rotatable bonds is 9. The highest BCUT2D eigenvalue weighted by molar-refractivity contribution is 7.98. The normalized spacial score (nSPS) is 21.1. The van der Waals surface area contributed by atoms with Gasteiger partial charge in [0, 0.05) is 32.0 Å². The fourth-order valence-corrected chi connectivity index (χ4v) is 4.45. The predicted molar refractivity (Wildman–Crippen MR) is 98.8 cm³/mol. The summed E-state index contributed by atoms with van der Waals surface area (Å²) in [7, 11) is 0. The molecule has 1 amide bonds. The average Bonchev–Trinajstić information content (AvgIpc) is 3.38. The third kappa shape index (κ3) is 5.20. The van der Waals surface area contributed by atoms with E-state index in [0.717, 1.165) is 49.7 Å². The molecular formula is C18H30N4O2S. The molecule has 1 atom stereocenters. The van der Waals surface area contributed by atoms with Crippen molar-refractivity contribution in [1.82, 2.24) is 20.1 Å². The van der Waals surface area contributed by atoms with Crippen LogP contribution in [0.4, 0.5) is 0 Å². The Bertz CT molecular complexity index is 551. The molecule has 1 saturated carbocycles. The molecule has 25 heavy (non-hydrogen) atoms. The molecule has 1 aromatic heterocycles. The number of nitrogens with zero attached hydrogens (tertiary/aromatic N) is 3. The van der Waals surface area contributed by atoms with E-state index in [4.69, 9.17) is 4.74 Å². The lowest BCUT2D eigenvalue weighted by molar-refractivity contribution is -0.121. The molecule has 1 aliphatic carbocycles. The second kappa shape index (κ2) is 9.57. The zero-order chi connectivity index (χ0) is 17.5. The number of nitrogens with one attached hydrogen (secondary N) is 1. The molecule has 1 saturated heterocycles. The topological polar surface area (TPSA) is 69.0 Å². The van der Waals surface area contributed by atoms with Gasteiger partial charge in [0.15, 0.2) is 5.16 Å². The van der Waals surface area contributed by atoms with Crippen molar-refractivity contribution in [3.63, 3.8) is 0 Å². The van der Waals surface area contributed by atoms with Crippen molar-refractivity contribution in [3.8, 4) is 0 Å². The summed E-state index contributed by atoms with van der Waals surface area (Å²) < 4.78 is 7.91. The maximum absolute atomic E-state index is 11.9. The fourth-order valence-electron chi connectivity index (χ4n) is 3.87. The first-order valence-corrected chi connectivity index (χ1v) is 10.9. The Kier molecular flexibility index (Phi) is 7.16. The van der Waals surface area contributed by atoms with E-state index in [2.05, 4.69) is 26.3 Å². The zero-order valence-electron chi connectivity index (χ0n) is 15.2. The molecule has 3 rings (SSSR count). The zero-order valence-corrected chi connectivity index (χ0v) is 16.0. The molecule has 0 spiro atoms. The first-order chi connectivity index (χ1) is 12.3. The largest absolute Gasteiger partial charge is 0.378 e. The number of hydrogen-bond acceptors (Lipinski definition) is 5. The van der Waals surface area contributed by atoms with E-state index < -0.39 is 0 Å². The van der Waals surface area contributed by atoms with Gasteiger partial charge in [0.25, 0.3) is 0 Å². The number of carbonyl (C=O) groups excluding carboxylic acids is 1. The third-order valence-electron chi connectivity index (χ3n) is 5.22. The van der Waals surface area contributed by atoms with Crippen LogP contribution in [0.2, 0.25) is 0 Å². The van der Waals surface area contributed by atoms with E-state index in [-0.39, 0.29) is 5.91 Å². The van der Waals surface area contributed by atoms with E-state index in [0.29, 0.717) is 25.1 Å². The molecule has 1 aliphatic heterocycles. The van der Waals surface area contributed by atoms with Gasteiger partial charge in [-0.1, -0.05) is 24.6 Å². The smallest absolute Gasteiger partial charge is 0.220 e. The summed E-state index contributed by atoms with van der Waals surface area (Å²) in [6, 6.07) is 0.563. The van der Waals surface area contributed by atoms with Crippen LogP contribution in [-0.2, 0) is 16.0 Å². The maximum atomic E-state index is 11.9. The van der Waals surface area contributed by atoms with Crippen molar-refractivity contribution in [2.45, 2.75) is 81.5 Å². The van der Waals surface area contributed by atoms with Gasteiger partial charge in [0.2, 0.25) is 5.91 Å². The van der Waals surface area contributed by atoms with Crippen molar-refractivity contribution in [2.24, 2.45) is 0 Å². The van der Waals surface area contributed by atoms with Crippen LogP contribution in [0.5, 0.6) is 0 Å². The summed E-state index contributed by atoms with van der Waals surface area (Å²) in [6.45, 7) is 1.56. The Morgan fingerprint density at radius 1 is 1.28 bits per heavy atom. The second-order valence-corrected chi connectivity index (χ2v) is 7.81. The summed E-state index contributed by atoms with van der Waals surface area (Å²) in [5.41, 5.74) is 0. The van der Waals surface area contributed by atoms with Crippen LogP contribution in [0.15, 0.2) is 5.16 Å². The van der Waals surface area contributed by atoms with E-state index in [1.807, 2.05) is 0 Å². The van der Waals surface area contributed by atoms with Crippen LogP contribution in [0.25, 0.3) is 0 Å². The van der Waals surface area contributed by atoms with E-state index in [1.54, 1.807) is 11.8 Å². The van der Waals surface area contributed by atoms with Gasteiger partial charge in [-0.15, -0.1) is 10.2 Å². The molecule has 1 N–H and O–H groups in total. The molecule has 140 valence electrons. The van der Waals surface area contributed by atoms with Crippen LogP contribution in [0.3, 0.4) is 0 Å². The third-order valence-corrected chi connectivity index (χ3v) is 5.87. The molecule has 2 heterocycles. The minimum atomic E-state index is 0.137. The standard InChI is InChI=1S/C18H30N4O2S/c1-25-18-21-20-16(22(18)14-6-2-3-7-14)9-4-12-19-17(23)11-10-15-8-5-13-24-15/h14-15H,2-13H2,1H3,(H,19,23)/t15-/m1/s1. The van der Waals surface area contributed by atoms with Gasteiger partial charge in [-0.3, -0.25) is 4.79 Å². The summed E-state index contributed by atoms with van der Waals surface area (Å²) in [4.78, 5) is 11.9. The summed E-state index contributed by atoms with van der Waals surface area (Å²) in [5, 5.41) is 12.8. The number of ether oxygens (including phenoxy) is 1. The molecular weight excluding hydrogens is 336 g/mol. The highest BCUT2D eigenvalue weighted by atomic mass is 32.2. The predicted octanol–water partition coefficient (Wildman–Crippen LogP) is 3.12. The summed E-state index contributed by atoms with van der Waals surface area (Å²) >= 11 is 1.67. The Labute approximate surface area is 154 Å². The van der Waals surface area contributed by atoms with Crippen LogP contribution < -0.4 is 5.32 Å². The SMILES string of the molecule is CSc1nnc(CCCNC(=O)CC[C@H]2CCCO2)n1C1CCCC1. The number of aromatic nitrogens is 3. The van der Waals surface area contributed by atoms with E-state index >= 15 is 0 Å². The monoisotopic (exact) mass is 366 g/mol. The molecule has 2 fully saturated rings. The lowest BCUT2D eigenvalue weighted by atomic mass is 10.1. The quantitative estimate of drug-likeness (QED) is 0.537. The van der Waals surface area contributed by atoms with Crippen molar-refractivity contribution in [1.29, 1.82) is 0 Å². The van der Waals surface area contributed by atoms with Gasteiger partial charge < -0.3 is 14.6 Å². The van der Waals surface area contributed by atoms with Gasteiger partial charge >= 0.3 is 0 Å². The van der Waals surface area contributed by atoms with Crippen molar-refractivity contribution in [2.75, 3.05) is 19.4 Å². The summed E-state index contributed by atoms with van der Waals surface area (Å²) in [6.07, 6.45) is 12.9. The number of thioether (sulfide) groups is 1. The molecule has 0 radical (unpaired) electrons. The Hall–Kier alpha value is -1.08. The van der Waals surface area contributed by atoms with Crippen molar-refractivity contribution < 1.29 is 9.53 Å². The van der Waals surface area contributed by atoms with Gasteiger partial charge in [-0.25, -0.2) is 0 Å². The highest BCUT2D eigenvalue weighted by Gasteiger charge is 2.23. The Morgan fingerprint density at radius 3 is 2.84 bits per heavy atom. The lowest BCUT2D eigenvalue weighted by Gasteiger charge is -2.16. The highest BCUT2D eigenvalue weighted by Crippen LogP contribution is 2.33. The molecule has 1 aromatic rings. The van der Waals surface area contributed by atoms with Crippen LogP contribution in [-0.4, -0.2) is 46.2 Å². The molecule has 0 aromatic carbocycles. The molecule has 2 aliphatic rings. The second-order valence-electron chi connectivity index (χ2n) is 7.04. The minimum absolute atomic E-state index is 0.137. The van der Waals surface area contributed by atoms with E-state index in [9.17, 15) is 4.79 Å². The molecule has 6 nitrogen and oxygen atoms in total. The lowest BCUT2D eigenvalue weighted by Crippen LogP contribution is -2.26. The van der Waals surface area contributed by atoms with Gasteiger partial charge in [-0.2, -0.15) is 0 Å². The van der Waals surface area contributed by atoms with Crippen LogP contribution in [0, 0.1) is 0 Å². The number of hydrogen-bond donors (Lipinski definition) is 1.